The van der Waals surface area contributed by atoms with Gasteiger partial charge in [-0.15, -0.1) is 10.2 Å². The first-order chi connectivity index (χ1) is 14.7. The third-order valence-corrected chi connectivity index (χ3v) is 5.69. The number of alkyl halides is 3. The molecule has 9 heteroatoms. The third-order valence-electron chi connectivity index (χ3n) is 5.69. The van der Waals surface area contributed by atoms with Crippen LogP contribution in [0.1, 0.15) is 32.3 Å². The van der Waals surface area contributed by atoms with Gasteiger partial charge in [0.15, 0.2) is 5.82 Å². The number of likely N-dealkylation sites (tertiary alicyclic amines) is 1. The molecule has 2 N–H and O–H groups in total. The van der Waals surface area contributed by atoms with Gasteiger partial charge in [0.2, 0.25) is 0 Å². The summed E-state index contributed by atoms with van der Waals surface area (Å²) in [6, 6.07) is 5.25. The lowest BCUT2D eigenvalue weighted by Crippen LogP contribution is -2.45. The molecule has 0 bridgehead atoms. The lowest BCUT2D eigenvalue weighted by molar-refractivity contribution is -0.137. The molecule has 4 rings (SSSR count). The van der Waals surface area contributed by atoms with E-state index in [1.54, 1.807) is 18.5 Å². The van der Waals surface area contributed by atoms with Crippen molar-refractivity contribution in [3.63, 3.8) is 0 Å². The van der Waals surface area contributed by atoms with Crippen molar-refractivity contribution in [3.8, 4) is 17.0 Å². The molecule has 6 nitrogen and oxygen atoms in total. The van der Waals surface area contributed by atoms with Gasteiger partial charge in [0.05, 0.1) is 5.56 Å². The average molecular weight is 431 g/mol. The third kappa shape index (κ3) is 4.41. The van der Waals surface area contributed by atoms with Crippen molar-refractivity contribution < 1.29 is 18.3 Å². The highest BCUT2D eigenvalue weighted by Crippen LogP contribution is 2.38. The van der Waals surface area contributed by atoms with Crippen LogP contribution in [0.5, 0.6) is 5.75 Å². The van der Waals surface area contributed by atoms with E-state index >= 15 is 0 Å². The van der Waals surface area contributed by atoms with Crippen molar-refractivity contribution in [2.75, 3.05) is 18.4 Å². The number of phenolic OH excluding ortho intramolecular Hbond substituents is 1. The lowest BCUT2D eigenvalue weighted by Gasteiger charge is -2.36. The van der Waals surface area contributed by atoms with Crippen LogP contribution in [0.25, 0.3) is 22.0 Å². The monoisotopic (exact) mass is 431 g/mol. The van der Waals surface area contributed by atoms with Crippen LogP contribution in [-0.2, 0) is 6.18 Å². The normalized spacial score (nSPS) is 17.9. The van der Waals surface area contributed by atoms with E-state index in [0.717, 1.165) is 32.0 Å². The zero-order valence-electron chi connectivity index (χ0n) is 17.3. The summed E-state index contributed by atoms with van der Waals surface area (Å²) in [5, 5.41) is 23.7. The number of benzene rings is 1. The summed E-state index contributed by atoms with van der Waals surface area (Å²) in [7, 11) is 0. The Morgan fingerprint density at radius 2 is 1.97 bits per heavy atom. The summed E-state index contributed by atoms with van der Waals surface area (Å²) < 4.78 is 38.8. The van der Waals surface area contributed by atoms with Crippen LogP contribution in [0, 0.1) is 0 Å². The molecule has 3 heterocycles. The first-order valence-corrected chi connectivity index (χ1v) is 10.3. The van der Waals surface area contributed by atoms with Gasteiger partial charge in [-0.3, -0.25) is 9.88 Å². The van der Waals surface area contributed by atoms with E-state index in [0.29, 0.717) is 34.4 Å². The zero-order valence-corrected chi connectivity index (χ0v) is 17.3. The number of pyridine rings is 1. The van der Waals surface area contributed by atoms with E-state index in [1.165, 1.54) is 6.07 Å². The Balaban J connectivity index is 1.69. The molecule has 3 aromatic rings. The second-order valence-electron chi connectivity index (χ2n) is 8.12. The number of rotatable bonds is 4. The number of aromatic hydroxyl groups is 1. The molecule has 0 saturated carbocycles. The standard InChI is InChI=1S/C22H24F3N5O/c1-13(2)30-9-3-4-15(12-30)27-21-18-11-26-8-7-16(18)20(28-29-21)17-6-5-14(10-19(17)31)22(23,24)25/h5-8,10-11,13,15,31H,3-4,9,12H2,1-2H3,(H,27,29)/t15-/m1/s1. The van der Waals surface area contributed by atoms with Crippen molar-refractivity contribution in [2.45, 2.75) is 44.9 Å². The minimum atomic E-state index is -4.54. The fraction of sp³-hybridized carbons (Fsp3) is 0.409. The molecule has 164 valence electrons. The van der Waals surface area contributed by atoms with Crippen LogP contribution in [0.2, 0.25) is 0 Å². The Hall–Kier alpha value is -2.94. The van der Waals surface area contributed by atoms with Crippen molar-refractivity contribution in [1.82, 2.24) is 20.1 Å². The number of anilines is 1. The predicted octanol–water partition coefficient (Wildman–Crippen LogP) is 4.70. The highest BCUT2D eigenvalue weighted by molar-refractivity contribution is 6.00. The number of nitrogens with one attached hydrogen (secondary N) is 1. The molecule has 0 unspecified atom stereocenters. The summed E-state index contributed by atoms with van der Waals surface area (Å²) >= 11 is 0. The molecule has 2 aromatic heterocycles. The molecule has 1 fully saturated rings. The molecule has 0 radical (unpaired) electrons. The van der Waals surface area contributed by atoms with Crippen LogP contribution in [0.4, 0.5) is 19.0 Å². The number of piperidine rings is 1. The van der Waals surface area contributed by atoms with Crippen molar-refractivity contribution >= 4 is 16.6 Å². The summed E-state index contributed by atoms with van der Waals surface area (Å²) in [4.78, 5) is 6.59. The molecule has 1 saturated heterocycles. The smallest absolute Gasteiger partial charge is 0.416 e. The van der Waals surface area contributed by atoms with Gasteiger partial charge in [0, 0.05) is 47.4 Å². The maximum absolute atomic E-state index is 12.9. The fourth-order valence-electron chi connectivity index (χ4n) is 4.00. The van der Waals surface area contributed by atoms with E-state index < -0.39 is 17.5 Å². The minimum Gasteiger partial charge on any atom is -0.507 e. The Kier molecular flexibility index (Phi) is 5.70. The van der Waals surface area contributed by atoms with Crippen LogP contribution in [-0.4, -0.2) is 50.4 Å². The van der Waals surface area contributed by atoms with Gasteiger partial charge in [0.1, 0.15) is 11.4 Å². The predicted molar refractivity (Wildman–Crippen MR) is 113 cm³/mol. The molecule has 1 aliphatic rings. The van der Waals surface area contributed by atoms with Gasteiger partial charge in [-0.05, 0) is 57.5 Å². The largest absolute Gasteiger partial charge is 0.507 e. The van der Waals surface area contributed by atoms with Gasteiger partial charge in [-0.2, -0.15) is 13.2 Å². The van der Waals surface area contributed by atoms with Crippen LogP contribution in [0.3, 0.4) is 0 Å². The van der Waals surface area contributed by atoms with Gasteiger partial charge in [0.25, 0.3) is 0 Å². The second kappa shape index (κ2) is 8.30. The van der Waals surface area contributed by atoms with E-state index in [-0.39, 0.29) is 11.6 Å². The van der Waals surface area contributed by atoms with E-state index in [9.17, 15) is 18.3 Å². The van der Waals surface area contributed by atoms with Gasteiger partial charge < -0.3 is 10.4 Å². The second-order valence-corrected chi connectivity index (χ2v) is 8.12. The molecule has 0 spiro atoms. The van der Waals surface area contributed by atoms with Crippen LogP contribution in [0.15, 0.2) is 36.7 Å². The van der Waals surface area contributed by atoms with Crippen molar-refractivity contribution in [1.29, 1.82) is 0 Å². The molecular weight excluding hydrogens is 407 g/mol. The van der Waals surface area contributed by atoms with E-state index in [2.05, 4.69) is 39.2 Å². The van der Waals surface area contributed by atoms with Crippen molar-refractivity contribution in [3.05, 3.63) is 42.2 Å². The molecule has 1 aromatic carbocycles. The number of fused-ring (bicyclic) bond motifs is 1. The SMILES string of the molecule is CC(C)N1CCC[C@@H](Nc2nnc(-c3ccc(C(F)(F)F)cc3O)c3ccncc23)C1. The van der Waals surface area contributed by atoms with Crippen LogP contribution < -0.4 is 5.32 Å². The van der Waals surface area contributed by atoms with Gasteiger partial charge >= 0.3 is 6.18 Å². The number of aromatic nitrogens is 3. The Morgan fingerprint density at radius 3 is 2.68 bits per heavy atom. The highest BCUT2D eigenvalue weighted by atomic mass is 19.4. The molecule has 1 atom stereocenters. The molecule has 0 aliphatic carbocycles. The quantitative estimate of drug-likeness (QED) is 0.624. The van der Waals surface area contributed by atoms with E-state index in [1.807, 2.05) is 0 Å². The van der Waals surface area contributed by atoms with Gasteiger partial charge in [-0.25, -0.2) is 0 Å². The maximum atomic E-state index is 12.9. The van der Waals surface area contributed by atoms with Crippen molar-refractivity contribution in [2.24, 2.45) is 0 Å². The number of hydrogen-bond acceptors (Lipinski definition) is 6. The average Bonchev–Trinajstić information content (AvgIpc) is 2.74. The van der Waals surface area contributed by atoms with E-state index in [4.69, 9.17) is 0 Å². The number of halogens is 3. The number of hydrogen-bond donors (Lipinski definition) is 2. The summed E-state index contributed by atoms with van der Waals surface area (Å²) in [5.41, 5.74) is -0.425. The lowest BCUT2D eigenvalue weighted by atomic mass is 10.0. The van der Waals surface area contributed by atoms with Gasteiger partial charge in [-0.1, -0.05) is 0 Å². The maximum Gasteiger partial charge on any atom is 0.416 e. The molecular formula is C22H24F3N5O. The Bertz CT molecular complexity index is 1090. The summed E-state index contributed by atoms with van der Waals surface area (Å²) in [5.74, 6) is 0.0802. The molecule has 31 heavy (non-hydrogen) atoms. The minimum absolute atomic E-state index is 0.187. The Morgan fingerprint density at radius 1 is 1.16 bits per heavy atom. The zero-order chi connectivity index (χ0) is 22.2. The number of nitrogens with zero attached hydrogens (tertiary/aromatic N) is 4. The summed E-state index contributed by atoms with van der Waals surface area (Å²) in [6.45, 7) is 6.30. The topological polar surface area (TPSA) is 74.2 Å². The van der Waals surface area contributed by atoms with Crippen LogP contribution >= 0.6 is 0 Å². The Labute approximate surface area is 178 Å². The number of phenols is 1. The highest BCUT2D eigenvalue weighted by Gasteiger charge is 2.31. The first kappa shape index (κ1) is 21.3. The molecule has 1 aliphatic heterocycles. The molecule has 0 amide bonds. The fourth-order valence-corrected chi connectivity index (χ4v) is 4.00. The summed E-state index contributed by atoms with van der Waals surface area (Å²) in [6.07, 6.45) is 0.788. The first-order valence-electron chi connectivity index (χ1n) is 10.3.